The molecule has 0 saturated carbocycles. The highest BCUT2D eigenvalue weighted by atomic mass is 32.2. The van der Waals surface area contributed by atoms with E-state index in [2.05, 4.69) is 16.3 Å². The summed E-state index contributed by atoms with van der Waals surface area (Å²) in [5.41, 5.74) is 2.22. The predicted molar refractivity (Wildman–Crippen MR) is 109 cm³/mol. The van der Waals surface area contributed by atoms with Gasteiger partial charge in [0.1, 0.15) is 11.5 Å². The number of rotatable bonds is 7. The second kappa shape index (κ2) is 9.00. The molecule has 150 valence electrons. The van der Waals surface area contributed by atoms with Crippen molar-refractivity contribution >= 4 is 23.4 Å². The van der Waals surface area contributed by atoms with Crippen molar-refractivity contribution in [2.75, 3.05) is 24.3 Å². The summed E-state index contributed by atoms with van der Waals surface area (Å²) in [5, 5.41) is 8.33. The number of fused-ring (bicyclic) bond motifs is 1. The summed E-state index contributed by atoms with van der Waals surface area (Å²) < 4.78 is 16.3. The second-order valence-electron chi connectivity index (χ2n) is 6.49. The Morgan fingerprint density at radius 2 is 1.93 bits per heavy atom. The number of hydrogen-bond donors (Lipinski definition) is 0. The zero-order valence-electron chi connectivity index (χ0n) is 16.0. The number of aryl methyl sites for hydroxylation is 1. The maximum absolute atomic E-state index is 12.7. The van der Waals surface area contributed by atoms with E-state index in [0.717, 1.165) is 30.8 Å². The summed E-state index contributed by atoms with van der Waals surface area (Å²) in [6.07, 6.45) is 1.98. The summed E-state index contributed by atoms with van der Waals surface area (Å²) >= 11 is 1.24. The SMILES string of the molecule is COc1ccc(OCc2nnc(SCC(=O)N3CCCc4ccccc43)o2)cc1. The van der Waals surface area contributed by atoms with Gasteiger partial charge < -0.3 is 18.8 Å². The van der Waals surface area contributed by atoms with E-state index >= 15 is 0 Å². The van der Waals surface area contributed by atoms with Crippen molar-refractivity contribution < 1.29 is 18.7 Å². The van der Waals surface area contributed by atoms with Crippen molar-refractivity contribution in [2.45, 2.75) is 24.7 Å². The third kappa shape index (κ3) is 4.71. The normalized spacial score (nSPS) is 13.1. The zero-order valence-corrected chi connectivity index (χ0v) is 16.9. The molecule has 7 nitrogen and oxygen atoms in total. The van der Waals surface area contributed by atoms with Crippen LogP contribution in [0.4, 0.5) is 5.69 Å². The Bertz CT molecular complexity index is 974. The number of thioether (sulfide) groups is 1. The Labute approximate surface area is 173 Å². The van der Waals surface area contributed by atoms with Gasteiger partial charge in [-0.05, 0) is 48.7 Å². The van der Waals surface area contributed by atoms with Crippen LogP contribution in [-0.4, -0.2) is 35.5 Å². The fourth-order valence-electron chi connectivity index (χ4n) is 3.17. The van der Waals surface area contributed by atoms with Crippen LogP contribution >= 0.6 is 11.8 Å². The van der Waals surface area contributed by atoms with Crippen molar-refractivity contribution in [3.05, 3.63) is 60.0 Å². The molecule has 0 N–H and O–H groups in total. The maximum Gasteiger partial charge on any atom is 0.277 e. The highest BCUT2D eigenvalue weighted by molar-refractivity contribution is 7.99. The minimum absolute atomic E-state index is 0.0383. The standard InChI is InChI=1S/C21H21N3O4S/c1-26-16-8-10-17(11-9-16)27-13-19-22-23-21(28-19)29-14-20(25)24-12-4-6-15-5-2-3-7-18(15)24/h2-3,5,7-11H,4,6,12-14H2,1H3. The number of aromatic nitrogens is 2. The molecule has 8 heteroatoms. The molecule has 2 heterocycles. The number of carbonyl (C=O) groups is 1. The van der Waals surface area contributed by atoms with Gasteiger partial charge in [-0.1, -0.05) is 30.0 Å². The first-order valence-corrected chi connectivity index (χ1v) is 10.3. The quantitative estimate of drug-likeness (QED) is 0.548. The molecule has 1 aromatic heterocycles. The lowest BCUT2D eigenvalue weighted by molar-refractivity contribution is -0.116. The van der Waals surface area contributed by atoms with Gasteiger partial charge in [0, 0.05) is 12.2 Å². The lowest BCUT2D eigenvalue weighted by Gasteiger charge is -2.29. The summed E-state index contributed by atoms with van der Waals surface area (Å²) in [7, 11) is 1.61. The monoisotopic (exact) mass is 411 g/mol. The van der Waals surface area contributed by atoms with Gasteiger partial charge in [-0.15, -0.1) is 10.2 Å². The molecular formula is C21H21N3O4S. The van der Waals surface area contributed by atoms with Crippen LogP contribution in [0, 0.1) is 0 Å². The number of para-hydroxylation sites is 1. The molecule has 0 unspecified atom stereocenters. The van der Waals surface area contributed by atoms with E-state index < -0.39 is 0 Å². The zero-order chi connectivity index (χ0) is 20.1. The van der Waals surface area contributed by atoms with Crippen LogP contribution in [0.25, 0.3) is 0 Å². The van der Waals surface area contributed by atoms with Crippen LogP contribution in [-0.2, 0) is 17.8 Å². The van der Waals surface area contributed by atoms with Crippen molar-refractivity contribution in [3.63, 3.8) is 0 Å². The first kappa shape index (κ1) is 19.3. The number of anilines is 1. The number of amides is 1. The van der Waals surface area contributed by atoms with E-state index in [4.69, 9.17) is 13.9 Å². The Kier molecular flexibility index (Phi) is 6.00. The lowest BCUT2D eigenvalue weighted by atomic mass is 10.0. The van der Waals surface area contributed by atoms with Crippen LogP contribution in [0.5, 0.6) is 11.5 Å². The van der Waals surface area contributed by atoms with Gasteiger partial charge in [-0.2, -0.15) is 0 Å². The molecule has 29 heavy (non-hydrogen) atoms. The number of hydrogen-bond acceptors (Lipinski definition) is 7. The fourth-order valence-corrected chi connectivity index (χ4v) is 3.82. The van der Waals surface area contributed by atoms with Gasteiger partial charge >= 0.3 is 0 Å². The second-order valence-corrected chi connectivity index (χ2v) is 7.42. The van der Waals surface area contributed by atoms with Crippen molar-refractivity contribution in [3.8, 4) is 11.5 Å². The van der Waals surface area contributed by atoms with Crippen LogP contribution in [0.3, 0.4) is 0 Å². The number of nitrogens with zero attached hydrogens (tertiary/aromatic N) is 3. The molecular weight excluding hydrogens is 390 g/mol. The van der Waals surface area contributed by atoms with Crippen molar-refractivity contribution in [1.82, 2.24) is 10.2 Å². The number of benzene rings is 2. The molecule has 1 amide bonds. The van der Waals surface area contributed by atoms with Crippen LogP contribution in [0.2, 0.25) is 0 Å². The molecule has 0 radical (unpaired) electrons. The van der Waals surface area contributed by atoms with Gasteiger partial charge in [0.15, 0.2) is 6.61 Å². The molecule has 0 fully saturated rings. The summed E-state index contributed by atoms with van der Waals surface area (Å²) in [6, 6.07) is 15.3. The maximum atomic E-state index is 12.7. The van der Waals surface area contributed by atoms with Gasteiger partial charge in [0.25, 0.3) is 11.1 Å². The Morgan fingerprint density at radius 1 is 1.14 bits per heavy atom. The van der Waals surface area contributed by atoms with Gasteiger partial charge in [0.2, 0.25) is 5.91 Å². The molecule has 0 aliphatic carbocycles. The number of carbonyl (C=O) groups excluding carboxylic acids is 1. The molecule has 0 atom stereocenters. The molecule has 0 saturated heterocycles. The summed E-state index contributed by atoms with van der Waals surface area (Å²) in [6.45, 7) is 0.897. The van der Waals surface area contributed by atoms with E-state index in [1.807, 2.05) is 35.2 Å². The van der Waals surface area contributed by atoms with Crippen LogP contribution in [0.15, 0.2) is 58.2 Å². The van der Waals surface area contributed by atoms with Gasteiger partial charge in [-0.25, -0.2) is 0 Å². The predicted octanol–water partition coefficient (Wildman–Crippen LogP) is 3.73. The highest BCUT2D eigenvalue weighted by Gasteiger charge is 2.22. The molecule has 3 aromatic rings. The minimum atomic E-state index is 0.0383. The van der Waals surface area contributed by atoms with E-state index in [1.165, 1.54) is 17.3 Å². The van der Waals surface area contributed by atoms with E-state index in [1.54, 1.807) is 19.2 Å². The van der Waals surface area contributed by atoms with E-state index in [9.17, 15) is 4.79 Å². The minimum Gasteiger partial charge on any atom is -0.497 e. The Balaban J connectivity index is 1.30. The first-order chi connectivity index (χ1) is 14.2. The van der Waals surface area contributed by atoms with Crippen LogP contribution in [0.1, 0.15) is 17.9 Å². The average Bonchev–Trinajstić information content (AvgIpc) is 3.24. The molecule has 0 spiro atoms. The molecule has 1 aliphatic heterocycles. The summed E-state index contributed by atoms with van der Waals surface area (Å²) in [5.74, 6) is 2.08. The van der Waals surface area contributed by atoms with Crippen molar-refractivity contribution in [2.24, 2.45) is 0 Å². The molecule has 0 bridgehead atoms. The first-order valence-electron chi connectivity index (χ1n) is 9.33. The Morgan fingerprint density at radius 3 is 2.76 bits per heavy atom. The van der Waals surface area contributed by atoms with Gasteiger partial charge in [-0.3, -0.25) is 4.79 Å². The Hall–Kier alpha value is -3.00. The smallest absolute Gasteiger partial charge is 0.277 e. The summed E-state index contributed by atoms with van der Waals surface area (Å²) in [4.78, 5) is 14.5. The van der Waals surface area contributed by atoms with E-state index in [0.29, 0.717) is 16.9 Å². The third-order valence-corrected chi connectivity index (χ3v) is 5.40. The van der Waals surface area contributed by atoms with Gasteiger partial charge in [0.05, 0.1) is 12.9 Å². The third-order valence-electron chi connectivity index (χ3n) is 4.60. The van der Waals surface area contributed by atoms with Crippen LogP contribution < -0.4 is 14.4 Å². The van der Waals surface area contributed by atoms with Crippen molar-refractivity contribution in [1.29, 1.82) is 0 Å². The molecule has 4 rings (SSSR count). The highest BCUT2D eigenvalue weighted by Crippen LogP contribution is 2.28. The number of methoxy groups -OCH3 is 1. The fraction of sp³-hybridized carbons (Fsp3) is 0.286. The van der Waals surface area contributed by atoms with E-state index in [-0.39, 0.29) is 18.3 Å². The largest absolute Gasteiger partial charge is 0.497 e. The lowest BCUT2D eigenvalue weighted by Crippen LogP contribution is -2.36. The topological polar surface area (TPSA) is 77.7 Å². The molecule has 2 aromatic carbocycles. The number of ether oxygens (including phenoxy) is 2. The molecule has 1 aliphatic rings. The average molecular weight is 411 g/mol.